The molecule has 1 aliphatic rings. The lowest BCUT2D eigenvalue weighted by Gasteiger charge is -2.00. The molecule has 5 nitrogen and oxygen atoms in total. The molecule has 0 saturated carbocycles. The van der Waals surface area contributed by atoms with Crippen molar-refractivity contribution >= 4 is 17.3 Å². The van der Waals surface area contributed by atoms with Crippen LogP contribution in [0.2, 0.25) is 0 Å². The van der Waals surface area contributed by atoms with Gasteiger partial charge in [-0.15, -0.1) is 11.3 Å². The summed E-state index contributed by atoms with van der Waals surface area (Å²) < 4.78 is 1.76. The van der Waals surface area contributed by atoms with Crippen molar-refractivity contribution in [3.8, 4) is 10.6 Å². The fourth-order valence-corrected chi connectivity index (χ4v) is 3.59. The van der Waals surface area contributed by atoms with Crippen molar-refractivity contribution in [1.82, 2.24) is 14.8 Å². The summed E-state index contributed by atoms with van der Waals surface area (Å²) in [4.78, 5) is 16.8. The first kappa shape index (κ1) is 11.4. The van der Waals surface area contributed by atoms with E-state index in [0.717, 1.165) is 33.3 Å². The molecule has 0 bridgehead atoms. The average Bonchev–Trinajstić information content (AvgIpc) is 2.90. The van der Waals surface area contributed by atoms with Crippen molar-refractivity contribution in [2.24, 2.45) is 7.05 Å². The third kappa shape index (κ3) is 1.64. The number of carboxylic acid groups (broad SMARTS) is 1. The van der Waals surface area contributed by atoms with Gasteiger partial charge in [0.15, 0.2) is 0 Å². The van der Waals surface area contributed by atoms with E-state index in [2.05, 4.69) is 10.1 Å². The second-order valence-corrected chi connectivity index (χ2v) is 5.64. The van der Waals surface area contributed by atoms with Crippen LogP contribution in [0.5, 0.6) is 0 Å². The van der Waals surface area contributed by atoms with Crippen LogP contribution in [-0.4, -0.2) is 25.8 Å². The van der Waals surface area contributed by atoms with Gasteiger partial charge in [0.25, 0.3) is 0 Å². The lowest BCUT2D eigenvalue weighted by molar-refractivity contribution is -0.138. The van der Waals surface area contributed by atoms with E-state index in [-0.39, 0.29) is 0 Å². The van der Waals surface area contributed by atoms with Crippen LogP contribution in [0.15, 0.2) is 6.20 Å². The van der Waals surface area contributed by atoms with Crippen LogP contribution in [0, 0.1) is 6.92 Å². The molecule has 3 rings (SSSR count). The van der Waals surface area contributed by atoms with E-state index < -0.39 is 11.9 Å². The van der Waals surface area contributed by atoms with Crippen molar-refractivity contribution in [3.63, 3.8) is 0 Å². The molecular formula is C12H13N3O2S. The fourth-order valence-electron chi connectivity index (χ4n) is 2.39. The van der Waals surface area contributed by atoms with E-state index in [9.17, 15) is 4.79 Å². The minimum atomic E-state index is -0.770. The number of aromatic nitrogens is 3. The molecule has 94 valence electrons. The molecule has 0 aromatic carbocycles. The summed E-state index contributed by atoms with van der Waals surface area (Å²) >= 11 is 1.60. The van der Waals surface area contributed by atoms with Gasteiger partial charge in [-0.1, -0.05) is 0 Å². The molecule has 6 heteroatoms. The smallest absolute Gasteiger partial charge is 0.312 e. The largest absolute Gasteiger partial charge is 0.481 e. The van der Waals surface area contributed by atoms with Gasteiger partial charge in [-0.25, -0.2) is 4.98 Å². The van der Waals surface area contributed by atoms with E-state index >= 15 is 0 Å². The number of hydrogen-bond donors (Lipinski definition) is 1. The van der Waals surface area contributed by atoms with Crippen LogP contribution in [0.1, 0.15) is 28.6 Å². The standard InChI is InChI=1S/C12H13N3O2S/c1-6-8(5-15(2)14-6)11-13-10-7(12(16)17)3-4-9(10)18-11/h5,7H,3-4H2,1-2H3,(H,16,17). The number of aryl methyl sites for hydroxylation is 3. The van der Waals surface area contributed by atoms with Crippen molar-refractivity contribution in [3.05, 3.63) is 22.5 Å². The van der Waals surface area contributed by atoms with E-state index in [4.69, 9.17) is 5.11 Å². The van der Waals surface area contributed by atoms with Crippen LogP contribution in [0.4, 0.5) is 0 Å². The Labute approximate surface area is 108 Å². The van der Waals surface area contributed by atoms with Gasteiger partial charge in [-0.2, -0.15) is 5.10 Å². The molecule has 18 heavy (non-hydrogen) atoms. The summed E-state index contributed by atoms with van der Waals surface area (Å²) in [6.45, 7) is 1.94. The first-order valence-electron chi connectivity index (χ1n) is 5.79. The van der Waals surface area contributed by atoms with Gasteiger partial charge in [0.05, 0.1) is 17.0 Å². The predicted octanol–water partition coefficient (Wildman–Crippen LogP) is 1.97. The van der Waals surface area contributed by atoms with E-state index in [0.29, 0.717) is 6.42 Å². The average molecular weight is 263 g/mol. The quantitative estimate of drug-likeness (QED) is 0.899. The van der Waals surface area contributed by atoms with Gasteiger partial charge in [0.1, 0.15) is 10.9 Å². The van der Waals surface area contributed by atoms with E-state index in [1.807, 2.05) is 20.2 Å². The molecule has 1 unspecified atom stereocenters. The van der Waals surface area contributed by atoms with Gasteiger partial charge >= 0.3 is 5.97 Å². The fraction of sp³-hybridized carbons (Fsp3) is 0.417. The summed E-state index contributed by atoms with van der Waals surface area (Å²) in [5.41, 5.74) is 2.68. The number of carboxylic acids is 1. The molecule has 0 saturated heterocycles. The predicted molar refractivity (Wildman–Crippen MR) is 67.8 cm³/mol. The number of fused-ring (bicyclic) bond motifs is 1. The first-order chi connectivity index (χ1) is 8.56. The second kappa shape index (κ2) is 3.91. The summed E-state index contributed by atoms with van der Waals surface area (Å²) in [5.74, 6) is -1.20. The molecule has 2 heterocycles. The van der Waals surface area contributed by atoms with Crippen molar-refractivity contribution in [2.45, 2.75) is 25.7 Å². The zero-order chi connectivity index (χ0) is 12.9. The van der Waals surface area contributed by atoms with E-state index in [1.54, 1.807) is 16.0 Å². The topological polar surface area (TPSA) is 68.0 Å². The number of hydrogen-bond acceptors (Lipinski definition) is 4. The number of carbonyl (C=O) groups is 1. The van der Waals surface area contributed by atoms with Crippen molar-refractivity contribution < 1.29 is 9.90 Å². The highest BCUT2D eigenvalue weighted by Crippen LogP contribution is 2.40. The molecule has 0 fully saturated rings. The second-order valence-electron chi connectivity index (χ2n) is 4.56. The zero-order valence-electron chi connectivity index (χ0n) is 10.2. The highest BCUT2D eigenvalue weighted by atomic mass is 32.1. The summed E-state index contributed by atoms with van der Waals surface area (Å²) in [6.07, 6.45) is 3.43. The molecule has 1 N–H and O–H groups in total. The van der Waals surface area contributed by atoms with Crippen LogP contribution >= 0.6 is 11.3 Å². The van der Waals surface area contributed by atoms with Crippen LogP contribution in [0.25, 0.3) is 10.6 Å². The van der Waals surface area contributed by atoms with Crippen LogP contribution in [-0.2, 0) is 18.3 Å². The minimum absolute atomic E-state index is 0.429. The molecule has 0 radical (unpaired) electrons. The maximum Gasteiger partial charge on any atom is 0.312 e. The van der Waals surface area contributed by atoms with Gasteiger partial charge < -0.3 is 5.11 Å². The Morgan fingerprint density at radius 3 is 3.00 bits per heavy atom. The van der Waals surface area contributed by atoms with Gasteiger partial charge in [-0.05, 0) is 19.8 Å². The van der Waals surface area contributed by atoms with Crippen LogP contribution < -0.4 is 0 Å². The zero-order valence-corrected chi connectivity index (χ0v) is 11.0. The Morgan fingerprint density at radius 2 is 2.39 bits per heavy atom. The normalized spacial score (nSPS) is 18.0. The number of aliphatic carboxylic acids is 1. The van der Waals surface area contributed by atoms with Gasteiger partial charge in [-0.3, -0.25) is 9.48 Å². The Kier molecular flexibility index (Phi) is 2.48. The first-order valence-corrected chi connectivity index (χ1v) is 6.61. The molecular weight excluding hydrogens is 250 g/mol. The summed E-state index contributed by atoms with van der Waals surface area (Å²) in [6, 6.07) is 0. The highest BCUT2D eigenvalue weighted by Gasteiger charge is 2.32. The molecule has 0 amide bonds. The monoisotopic (exact) mass is 263 g/mol. The molecule has 2 aromatic rings. The Balaban J connectivity index is 2.05. The number of thiazole rings is 1. The van der Waals surface area contributed by atoms with Crippen molar-refractivity contribution in [2.75, 3.05) is 0 Å². The molecule has 2 aromatic heterocycles. The maximum atomic E-state index is 11.1. The van der Waals surface area contributed by atoms with E-state index in [1.165, 1.54) is 0 Å². The third-order valence-corrected chi connectivity index (χ3v) is 4.42. The number of rotatable bonds is 2. The molecule has 0 aliphatic heterocycles. The molecule has 1 atom stereocenters. The number of nitrogens with zero attached hydrogens (tertiary/aromatic N) is 3. The van der Waals surface area contributed by atoms with Crippen molar-refractivity contribution in [1.29, 1.82) is 0 Å². The summed E-state index contributed by atoms with van der Waals surface area (Å²) in [5, 5.41) is 14.3. The Hall–Kier alpha value is -1.69. The molecule has 0 spiro atoms. The Bertz CT molecular complexity index is 629. The maximum absolute atomic E-state index is 11.1. The van der Waals surface area contributed by atoms with Crippen LogP contribution in [0.3, 0.4) is 0 Å². The lowest BCUT2D eigenvalue weighted by Crippen LogP contribution is -2.08. The highest BCUT2D eigenvalue weighted by molar-refractivity contribution is 7.15. The van der Waals surface area contributed by atoms with Gasteiger partial charge in [0, 0.05) is 18.1 Å². The SMILES string of the molecule is Cc1nn(C)cc1-c1nc2c(s1)CCC2C(=O)O. The third-order valence-electron chi connectivity index (χ3n) is 3.26. The van der Waals surface area contributed by atoms with Gasteiger partial charge in [0.2, 0.25) is 0 Å². The lowest BCUT2D eigenvalue weighted by atomic mass is 10.1. The summed E-state index contributed by atoms with van der Waals surface area (Å²) in [7, 11) is 1.87. The Morgan fingerprint density at radius 1 is 1.61 bits per heavy atom. The minimum Gasteiger partial charge on any atom is -0.481 e. The molecule has 1 aliphatic carbocycles.